The molecule has 0 saturated heterocycles. The standard InChI is InChI=1S/C8H8ClNO2.C4H6O6/c9-6-3-1-2-4-7(6)10-5-8(11)12;5-1(3(7)8)2(6)4(9)10/h1-4,10H,5H2,(H,11,12);1-2,5-6H,(H,7,8)(H,9,10). The minimum Gasteiger partial charge on any atom is -0.480 e. The summed E-state index contributed by atoms with van der Waals surface area (Å²) in [6, 6.07) is 7.00. The minimum absolute atomic E-state index is 0.121. The van der Waals surface area contributed by atoms with Gasteiger partial charge >= 0.3 is 17.9 Å². The molecule has 0 aliphatic rings. The number of carboxylic acid groups (broad SMARTS) is 3. The summed E-state index contributed by atoms with van der Waals surface area (Å²) >= 11 is 5.75. The first-order chi connectivity index (χ1) is 10.2. The van der Waals surface area contributed by atoms with Gasteiger partial charge in [0.1, 0.15) is 6.54 Å². The molecule has 1 aromatic carbocycles. The Morgan fingerprint density at radius 3 is 1.82 bits per heavy atom. The van der Waals surface area contributed by atoms with Crippen LogP contribution < -0.4 is 5.32 Å². The average molecular weight is 336 g/mol. The molecule has 0 amide bonds. The highest BCUT2D eigenvalue weighted by Gasteiger charge is 2.29. The van der Waals surface area contributed by atoms with Crippen molar-refractivity contribution in [3.63, 3.8) is 0 Å². The van der Waals surface area contributed by atoms with Crippen molar-refractivity contribution in [3.8, 4) is 0 Å². The van der Waals surface area contributed by atoms with Gasteiger partial charge in [-0.25, -0.2) is 9.59 Å². The van der Waals surface area contributed by atoms with E-state index in [0.717, 1.165) is 0 Å². The number of aliphatic carboxylic acids is 3. The Morgan fingerprint density at radius 1 is 1.00 bits per heavy atom. The molecule has 0 aromatic heterocycles. The van der Waals surface area contributed by atoms with Crippen LogP contribution in [0.5, 0.6) is 0 Å². The zero-order chi connectivity index (χ0) is 17.3. The molecule has 10 heteroatoms. The zero-order valence-corrected chi connectivity index (χ0v) is 11.8. The van der Waals surface area contributed by atoms with Crippen molar-refractivity contribution in [3.05, 3.63) is 29.3 Å². The average Bonchev–Trinajstić information content (AvgIpc) is 2.45. The molecule has 1 rings (SSSR count). The van der Waals surface area contributed by atoms with Crippen LogP contribution >= 0.6 is 11.6 Å². The highest BCUT2D eigenvalue weighted by Crippen LogP contribution is 2.19. The van der Waals surface area contributed by atoms with Gasteiger partial charge in [0, 0.05) is 0 Å². The van der Waals surface area contributed by atoms with Gasteiger partial charge in [-0.3, -0.25) is 4.79 Å². The molecule has 9 nitrogen and oxygen atoms in total. The van der Waals surface area contributed by atoms with Gasteiger partial charge in [-0.2, -0.15) is 0 Å². The zero-order valence-electron chi connectivity index (χ0n) is 11.0. The molecular weight excluding hydrogens is 322 g/mol. The number of rotatable bonds is 6. The van der Waals surface area contributed by atoms with Crippen molar-refractivity contribution < 1.29 is 39.9 Å². The Hall–Kier alpha value is -2.36. The maximum absolute atomic E-state index is 10.2. The summed E-state index contributed by atoms with van der Waals surface area (Å²) in [5, 5.41) is 44.1. The first-order valence-corrected chi connectivity index (χ1v) is 6.06. The number of halogens is 1. The molecular formula is C12H14ClNO8. The third-order valence-electron chi connectivity index (χ3n) is 2.11. The van der Waals surface area contributed by atoms with Crippen LogP contribution in [0.2, 0.25) is 5.02 Å². The normalized spacial score (nSPS) is 12.3. The second-order valence-corrected chi connectivity index (χ2v) is 4.20. The van der Waals surface area contributed by atoms with E-state index >= 15 is 0 Å². The van der Waals surface area contributed by atoms with Gasteiger partial charge in [0.05, 0.1) is 10.7 Å². The number of para-hydroxylation sites is 1. The summed E-state index contributed by atoms with van der Waals surface area (Å²) in [5.74, 6) is -4.44. The van der Waals surface area contributed by atoms with Gasteiger partial charge in [0.25, 0.3) is 0 Å². The molecule has 0 radical (unpaired) electrons. The molecule has 0 aliphatic carbocycles. The monoisotopic (exact) mass is 335 g/mol. The lowest BCUT2D eigenvalue weighted by Gasteiger charge is -2.07. The first-order valence-electron chi connectivity index (χ1n) is 5.68. The Kier molecular flexibility index (Phi) is 8.53. The van der Waals surface area contributed by atoms with Crippen molar-refractivity contribution in [2.45, 2.75) is 12.2 Å². The molecule has 22 heavy (non-hydrogen) atoms. The molecule has 2 atom stereocenters. The van der Waals surface area contributed by atoms with E-state index in [-0.39, 0.29) is 6.54 Å². The molecule has 0 saturated carbocycles. The highest BCUT2D eigenvalue weighted by molar-refractivity contribution is 6.33. The second kappa shape index (κ2) is 9.55. The van der Waals surface area contributed by atoms with Gasteiger partial charge in [-0.05, 0) is 12.1 Å². The van der Waals surface area contributed by atoms with Crippen LogP contribution in [0, 0.1) is 0 Å². The molecule has 0 aliphatic heterocycles. The summed E-state index contributed by atoms with van der Waals surface area (Å²) in [4.78, 5) is 29.7. The van der Waals surface area contributed by atoms with Crippen molar-refractivity contribution in [1.82, 2.24) is 0 Å². The topological polar surface area (TPSA) is 164 Å². The van der Waals surface area contributed by atoms with Gasteiger partial charge < -0.3 is 30.8 Å². The van der Waals surface area contributed by atoms with Crippen LogP contribution in [-0.2, 0) is 14.4 Å². The van der Waals surface area contributed by atoms with Crippen molar-refractivity contribution in [1.29, 1.82) is 0 Å². The molecule has 1 aromatic rings. The lowest BCUT2D eigenvalue weighted by Crippen LogP contribution is -2.39. The fourth-order valence-corrected chi connectivity index (χ4v) is 1.25. The smallest absolute Gasteiger partial charge is 0.335 e. The quantitative estimate of drug-likeness (QED) is 0.410. The van der Waals surface area contributed by atoms with Crippen molar-refractivity contribution >= 4 is 35.2 Å². The van der Waals surface area contributed by atoms with Crippen molar-refractivity contribution in [2.24, 2.45) is 0 Å². The van der Waals surface area contributed by atoms with E-state index in [4.69, 9.17) is 37.1 Å². The largest absolute Gasteiger partial charge is 0.480 e. The Balaban J connectivity index is 0.000000409. The molecule has 2 unspecified atom stereocenters. The van der Waals surface area contributed by atoms with Gasteiger partial charge in [0.15, 0.2) is 12.2 Å². The predicted molar refractivity (Wildman–Crippen MR) is 74.9 cm³/mol. The van der Waals surface area contributed by atoms with E-state index in [1.54, 1.807) is 24.3 Å². The predicted octanol–water partition coefficient (Wildman–Crippen LogP) is -0.286. The van der Waals surface area contributed by atoms with E-state index in [2.05, 4.69) is 5.32 Å². The van der Waals surface area contributed by atoms with E-state index in [1.807, 2.05) is 0 Å². The number of hydrogen-bond donors (Lipinski definition) is 6. The third-order valence-corrected chi connectivity index (χ3v) is 2.44. The number of nitrogens with one attached hydrogen (secondary N) is 1. The van der Waals surface area contributed by atoms with Gasteiger partial charge in [0.2, 0.25) is 0 Å². The number of hydrogen-bond acceptors (Lipinski definition) is 6. The van der Waals surface area contributed by atoms with Crippen LogP contribution in [0.1, 0.15) is 0 Å². The third kappa shape index (κ3) is 7.43. The van der Waals surface area contributed by atoms with E-state index in [1.165, 1.54) is 0 Å². The van der Waals surface area contributed by atoms with E-state index in [0.29, 0.717) is 10.7 Å². The van der Waals surface area contributed by atoms with Crippen LogP contribution in [0.25, 0.3) is 0 Å². The van der Waals surface area contributed by atoms with Crippen LogP contribution in [0.15, 0.2) is 24.3 Å². The molecule has 6 N–H and O–H groups in total. The molecule has 122 valence electrons. The number of benzene rings is 1. The Bertz CT molecular complexity index is 518. The van der Waals surface area contributed by atoms with Crippen LogP contribution in [0.3, 0.4) is 0 Å². The van der Waals surface area contributed by atoms with Crippen LogP contribution in [-0.4, -0.2) is 62.2 Å². The number of carbonyl (C=O) groups is 3. The highest BCUT2D eigenvalue weighted by atomic mass is 35.5. The van der Waals surface area contributed by atoms with Gasteiger partial charge in [-0.15, -0.1) is 0 Å². The number of carboxylic acids is 3. The molecule has 0 fully saturated rings. The second-order valence-electron chi connectivity index (χ2n) is 3.79. The minimum atomic E-state index is -2.27. The van der Waals surface area contributed by atoms with Crippen molar-refractivity contribution in [2.75, 3.05) is 11.9 Å². The summed E-state index contributed by atoms with van der Waals surface area (Å²) in [7, 11) is 0. The Morgan fingerprint density at radius 2 is 1.45 bits per heavy atom. The summed E-state index contributed by atoms with van der Waals surface area (Å²) < 4.78 is 0. The fourth-order valence-electron chi connectivity index (χ4n) is 1.05. The summed E-state index contributed by atoms with van der Waals surface area (Å²) in [5.41, 5.74) is 0.640. The molecule has 0 heterocycles. The summed E-state index contributed by atoms with van der Waals surface area (Å²) in [6.45, 7) is -0.121. The van der Waals surface area contributed by atoms with E-state index < -0.39 is 30.1 Å². The Labute approximate surface area is 129 Å². The lowest BCUT2D eigenvalue weighted by atomic mass is 10.2. The first kappa shape index (κ1) is 19.6. The maximum Gasteiger partial charge on any atom is 0.335 e. The molecule has 0 bridgehead atoms. The molecule has 0 spiro atoms. The number of aliphatic hydroxyl groups is 2. The number of aliphatic hydroxyl groups excluding tert-OH is 2. The lowest BCUT2D eigenvalue weighted by molar-refractivity contribution is -0.165. The SMILES string of the molecule is O=C(O)C(O)C(O)C(=O)O.O=C(O)CNc1ccccc1Cl. The maximum atomic E-state index is 10.2. The fraction of sp³-hybridized carbons (Fsp3) is 0.250. The van der Waals surface area contributed by atoms with E-state index in [9.17, 15) is 14.4 Å². The van der Waals surface area contributed by atoms with Crippen LogP contribution in [0.4, 0.5) is 5.69 Å². The summed E-state index contributed by atoms with van der Waals surface area (Å²) in [6.07, 6.45) is -4.53. The van der Waals surface area contributed by atoms with Gasteiger partial charge in [-0.1, -0.05) is 23.7 Å². The number of anilines is 1.